The van der Waals surface area contributed by atoms with Gasteiger partial charge < -0.3 is 4.42 Å². The molecule has 0 atom stereocenters. The van der Waals surface area contributed by atoms with Crippen LogP contribution in [0.3, 0.4) is 0 Å². The number of hydrogen-bond donors (Lipinski definition) is 0. The minimum Gasteiger partial charge on any atom is -0.439 e. The van der Waals surface area contributed by atoms with Gasteiger partial charge in [-0.3, -0.25) is 0 Å². The van der Waals surface area contributed by atoms with E-state index in [1.807, 2.05) is 18.2 Å². The van der Waals surface area contributed by atoms with Crippen LogP contribution in [0, 0.1) is 0 Å². The first-order valence-corrected chi connectivity index (χ1v) is 4.73. The van der Waals surface area contributed by atoms with Gasteiger partial charge in [0.15, 0.2) is 5.58 Å². The lowest BCUT2D eigenvalue weighted by atomic mass is 10.3. The number of hydrogen-bond acceptors (Lipinski definition) is 2. The summed E-state index contributed by atoms with van der Waals surface area (Å²) in [4.78, 5) is 4.16. The summed E-state index contributed by atoms with van der Waals surface area (Å²) in [5, 5.41) is 0. The fourth-order valence-electron chi connectivity index (χ4n) is 1.01. The lowest BCUT2D eigenvalue weighted by Crippen LogP contribution is -1.72. The minimum atomic E-state index is 0.312. The molecule has 1 aromatic heterocycles. The molecule has 0 amide bonds. The summed E-state index contributed by atoms with van der Waals surface area (Å²) in [5.41, 5.74) is 1.61. The van der Waals surface area contributed by atoms with Crippen molar-refractivity contribution in [2.24, 2.45) is 0 Å². The number of rotatable bonds is 1. The molecule has 0 N–H and O–H groups in total. The molecule has 0 saturated carbocycles. The second-order valence-corrected chi connectivity index (χ2v) is 3.54. The molecule has 0 bridgehead atoms. The molecule has 2 nitrogen and oxygen atoms in total. The number of benzene rings is 1. The predicted octanol–water partition coefficient (Wildman–Crippen LogP) is 3.33. The zero-order valence-corrected chi connectivity index (χ0v) is 8.39. The largest absolute Gasteiger partial charge is 0.439 e. The molecule has 0 aliphatic carbocycles. The Hall–Kier alpha value is -0.540. The van der Waals surface area contributed by atoms with Gasteiger partial charge in [0.05, 0.1) is 5.88 Å². The van der Waals surface area contributed by atoms with E-state index in [0.717, 1.165) is 15.6 Å². The molecule has 0 aliphatic rings. The summed E-state index contributed by atoms with van der Waals surface area (Å²) in [6, 6.07) is 5.67. The summed E-state index contributed by atoms with van der Waals surface area (Å²) < 4.78 is 6.30. The Kier molecular flexibility index (Phi) is 2.07. The maximum Gasteiger partial charge on any atom is 0.210 e. The maximum absolute atomic E-state index is 5.57. The van der Waals surface area contributed by atoms with Gasteiger partial charge in [0.1, 0.15) is 5.52 Å². The molecule has 1 heterocycles. The van der Waals surface area contributed by atoms with Crippen LogP contribution in [-0.4, -0.2) is 4.98 Å². The summed E-state index contributed by atoms with van der Waals surface area (Å²) in [7, 11) is 0. The van der Waals surface area contributed by atoms with Crippen molar-refractivity contribution < 1.29 is 4.42 Å². The Morgan fingerprint density at radius 1 is 1.50 bits per heavy atom. The first-order chi connectivity index (χ1) is 5.79. The second kappa shape index (κ2) is 3.07. The zero-order valence-electron chi connectivity index (χ0n) is 6.05. The Balaban J connectivity index is 2.67. The summed E-state index contributed by atoms with van der Waals surface area (Å²) >= 11 is 8.92. The van der Waals surface area contributed by atoms with Gasteiger partial charge in [0, 0.05) is 4.47 Å². The molecule has 0 aliphatic heterocycles. The molecule has 0 spiro atoms. The topological polar surface area (TPSA) is 26.0 Å². The van der Waals surface area contributed by atoms with E-state index in [-0.39, 0.29) is 0 Å². The minimum absolute atomic E-state index is 0.312. The van der Waals surface area contributed by atoms with Gasteiger partial charge >= 0.3 is 0 Å². The molecular weight excluding hydrogens is 241 g/mol. The first-order valence-electron chi connectivity index (χ1n) is 3.40. The van der Waals surface area contributed by atoms with E-state index >= 15 is 0 Å². The summed E-state index contributed by atoms with van der Waals surface area (Å²) in [6.45, 7) is 0. The normalized spacial score (nSPS) is 10.8. The summed E-state index contributed by atoms with van der Waals surface area (Å²) in [5.74, 6) is 0.872. The lowest BCUT2D eigenvalue weighted by Gasteiger charge is -1.85. The van der Waals surface area contributed by atoms with Crippen molar-refractivity contribution in [1.82, 2.24) is 4.98 Å². The lowest BCUT2D eigenvalue weighted by molar-refractivity contribution is 0.555. The molecule has 0 saturated heterocycles. The highest BCUT2D eigenvalue weighted by atomic mass is 79.9. The van der Waals surface area contributed by atoms with Crippen LogP contribution in [0.25, 0.3) is 11.1 Å². The van der Waals surface area contributed by atoms with E-state index in [1.165, 1.54) is 0 Å². The second-order valence-electron chi connectivity index (χ2n) is 2.35. The molecule has 0 fully saturated rings. The van der Waals surface area contributed by atoms with Crippen LogP contribution in [-0.2, 0) is 5.88 Å². The molecule has 2 rings (SSSR count). The van der Waals surface area contributed by atoms with Crippen molar-refractivity contribution in [3.63, 3.8) is 0 Å². The number of aromatic nitrogens is 1. The van der Waals surface area contributed by atoms with Gasteiger partial charge in [-0.15, -0.1) is 11.6 Å². The van der Waals surface area contributed by atoms with Crippen molar-refractivity contribution in [2.45, 2.75) is 5.88 Å². The van der Waals surface area contributed by atoms with Crippen LogP contribution >= 0.6 is 27.5 Å². The Morgan fingerprint density at radius 3 is 3.08 bits per heavy atom. The van der Waals surface area contributed by atoms with Crippen LogP contribution in [0.15, 0.2) is 27.1 Å². The van der Waals surface area contributed by atoms with E-state index in [0.29, 0.717) is 11.8 Å². The van der Waals surface area contributed by atoms with E-state index < -0.39 is 0 Å². The third kappa shape index (κ3) is 1.34. The molecule has 0 radical (unpaired) electrons. The van der Waals surface area contributed by atoms with Crippen molar-refractivity contribution in [3.8, 4) is 0 Å². The highest BCUT2D eigenvalue weighted by Crippen LogP contribution is 2.20. The standard InChI is InChI=1S/C8H5BrClNO/c9-5-1-2-7-6(3-5)11-8(4-10)12-7/h1-3H,4H2. The number of halogens is 2. The Labute approximate surface area is 82.7 Å². The third-order valence-corrected chi connectivity index (χ3v) is 2.23. The van der Waals surface area contributed by atoms with Gasteiger partial charge in [-0.25, -0.2) is 4.98 Å². The molecule has 4 heteroatoms. The molecule has 2 aromatic rings. The van der Waals surface area contributed by atoms with Gasteiger partial charge in [-0.05, 0) is 18.2 Å². The van der Waals surface area contributed by atoms with Crippen molar-refractivity contribution in [1.29, 1.82) is 0 Å². The average molecular weight is 246 g/mol. The molecule has 0 unspecified atom stereocenters. The van der Waals surface area contributed by atoms with Crippen molar-refractivity contribution >= 4 is 38.6 Å². The predicted molar refractivity (Wildman–Crippen MR) is 51.3 cm³/mol. The SMILES string of the molecule is ClCc1nc2cc(Br)ccc2o1. The van der Waals surface area contributed by atoms with Crippen LogP contribution in [0.1, 0.15) is 5.89 Å². The smallest absolute Gasteiger partial charge is 0.210 e. The van der Waals surface area contributed by atoms with Crippen LogP contribution < -0.4 is 0 Å². The molecule has 12 heavy (non-hydrogen) atoms. The van der Waals surface area contributed by atoms with Crippen molar-refractivity contribution in [2.75, 3.05) is 0 Å². The highest BCUT2D eigenvalue weighted by molar-refractivity contribution is 9.10. The van der Waals surface area contributed by atoms with Gasteiger partial charge in [-0.1, -0.05) is 15.9 Å². The average Bonchev–Trinajstić information content (AvgIpc) is 2.46. The fourth-order valence-corrected chi connectivity index (χ4v) is 1.47. The van der Waals surface area contributed by atoms with Crippen LogP contribution in [0.4, 0.5) is 0 Å². The van der Waals surface area contributed by atoms with E-state index in [9.17, 15) is 0 Å². The number of nitrogens with zero attached hydrogens (tertiary/aromatic N) is 1. The van der Waals surface area contributed by atoms with E-state index in [4.69, 9.17) is 16.0 Å². The van der Waals surface area contributed by atoms with Gasteiger partial charge in [0.2, 0.25) is 5.89 Å². The summed E-state index contributed by atoms with van der Waals surface area (Å²) in [6.07, 6.45) is 0. The van der Waals surface area contributed by atoms with Gasteiger partial charge in [0.25, 0.3) is 0 Å². The quantitative estimate of drug-likeness (QED) is 0.721. The number of oxazole rings is 1. The van der Waals surface area contributed by atoms with Crippen molar-refractivity contribution in [3.05, 3.63) is 28.6 Å². The Bertz CT molecular complexity index is 412. The van der Waals surface area contributed by atoms with Gasteiger partial charge in [-0.2, -0.15) is 0 Å². The third-order valence-electron chi connectivity index (χ3n) is 1.51. The molecule has 1 aromatic carbocycles. The zero-order chi connectivity index (χ0) is 8.55. The fraction of sp³-hybridized carbons (Fsp3) is 0.125. The van der Waals surface area contributed by atoms with Crippen LogP contribution in [0.5, 0.6) is 0 Å². The maximum atomic E-state index is 5.57. The highest BCUT2D eigenvalue weighted by Gasteiger charge is 2.03. The molecular formula is C8H5BrClNO. The number of alkyl halides is 1. The monoisotopic (exact) mass is 245 g/mol. The van der Waals surface area contributed by atoms with E-state index in [2.05, 4.69) is 20.9 Å². The molecule has 62 valence electrons. The van der Waals surface area contributed by atoms with Crippen LogP contribution in [0.2, 0.25) is 0 Å². The number of fused-ring (bicyclic) bond motifs is 1. The first kappa shape index (κ1) is 8.08. The Morgan fingerprint density at radius 2 is 2.33 bits per heavy atom. The van der Waals surface area contributed by atoms with E-state index in [1.54, 1.807) is 0 Å².